The van der Waals surface area contributed by atoms with E-state index in [1.54, 1.807) is 0 Å². The summed E-state index contributed by atoms with van der Waals surface area (Å²) in [5, 5.41) is 3.92. The van der Waals surface area contributed by atoms with E-state index in [0.717, 1.165) is 22.3 Å². The number of carbonyl (C=O) groups excluding carboxylic acids is 1. The number of fused-ring (bicyclic) bond motifs is 1. The molecule has 19 heavy (non-hydrogen) atoms. The van der Waals surface area contributed by atoms with Gasteiger partial charge in [0.05, 0.1) is 5.52 Å². The number of nitrogens with one attached hydrogen (secondary N) is 1. The third-order valence-corrected chi connectivity index (χ3v) is 3.00. The number of rotatable bonds is 2. The van der Waals surface area contributed by atoms with E-state index in [0.29, 0.717) is 0 Å². The largest absolute Gasteiger partial charge is 0.326 e. The van der Waals surface area contributed by atoms with Gasteiger partial charge in [-0.1, -0.05) is 6.07 Å². The first kappa shape index (κ1) is 11.5. The van der Waals surface area contributed by atoms with E-state index in [1.165, 1.54) is 6.92 Å². The molecule has 3 rings (SSSR count). The Kier molecular flexibility index (Phi) is 2.80. The standard InChI is InChI=1S/C16H13N2O/c1-12(19)17-14-6-8-15(9-7-14)18-11-10-13-4-2-3-5-16(13)18/h3-11H,1H3,(H,17,19). The van der Waals surface area contributed by atoms with E-state index < -0.39 is 0 Å². The highest BCUT2D eigenvalue weighted by Crippen LogP contribution is 2.21. The number of carbonyl (C=O) groups is 1. The monoisotopic (exact) mass is 249 g/mol. The number of benzene rings is 2. The van der Waals surface area contributed by atoms with Crippen LogP contribution in [0.25, 0.3) is 16.6 Å². The Morgan fingerprint density at radius 2 is 1.95 bits per heavy atom. The van der Waals surface area contributed by atoms with Crippen LogP contribution in [0.1, 0.15) is 6.92 Å². The maximum absolute atomic E-state index is 11.0. The van der Waals surface area contributed by atoms with E-state index >= 15 is 0 Å². The molecule has 0 unspecified atom stereocenters. The molecule has 1 N–H and O–H groups in total. The van der Waals surface area contributed by atoms with Crippen LogP contribution < -0.4 is 5.32 Å². The summed E-state index contributed by atoms with van der Waals surface area (Å²) in [6.07, 6.45) is 2.03. The predicted molar refractivity (Wildman–Crippen MR) is 76.4 cm³/mol. The minimum atomic E-state index is -0.0605. The smallest absolute Gasteiger partial charge is 0.221 e. The third kappa shape index (κ3) is 2.22. The Labute approximate surface area is 111 Å². The van der Waals surface area contributed by atoms with Gasteiger partial charge in [-0.05, 0) is 48.5 Å². The third-order valence-electron chi connectivity index (χ3n) is 3.00. The van der Waals surface area contributed by atoms with Crippen molar-refractivity contribution in [2.45, 2.75) is 6.92 Å². The fourth-order valence-electron chi connectivity index (χ4n) is 2.16. The number of hydrogen-bond acceptors (Lipinski definition) is 1. The van der Waals surface area contributed by atoms with Gasteiger partial charge in [0.15, 0.2) is 0 Å². The second kappa shape index (κ2) is 4.61. The topological polar surface area (TPSA) is 34.0 Å². The maximum Gasteiger partial charge on any atom is 0.221 e. The van der Waals surface area contributed by atoms with Crippen LogP contribution in [0.5, 0.6) is 0 Å². The average Bonchev–Trinajstić information content (AvgIpc) is 2.83. The maximum atomic E-state index is 11.0. The second-order valence-corrected chi connectivity index (χ2v) is 4.40. The van der Waals surface area contributed by atoms with Gasteiger partial charge in [0.2, 0.25) is 5.91 Å². The van der Waals surface area contributed by atoms with Crippen molar-refractivity contribution in [3.63, 3.8) is 0 Å². The van der Waals surface area contributed by atoms with Crippen LogP contribution in [0, 0.1) is 6.07 Å². The Morgan fingerprint density at radius 1 is 1.16 bits per heavy atom. The molecule has 0 spiro atoms. The lowest BCUT2D eigenvalue weighted by Gasteiger charge is -2.07. The molecule has 0 atom stereocenters. The van der Waals surface area contributed by atoms with Gasteiger partial charge in [-0.15, -0.1) is 0 Å². The van der Waals surface area contributed by atoms with Crippen molar-refractivity contribution in [2.75, 3.05) is 5.32 Å². The first-order valence-corrected chi connectivity index (χ1v) is 6.09. The molecule has 2 aromatic carbocycles. The summed E-state index contributed by atoms with van der Waals surface area (Å²) in [7, 11) is 0. The molecule has 0 aliphatic heterocycles. The van der Waals surface area contributed by atoms with E-state index in [1.807, 2.05) is 48.7 Å². The summed E-state index contributed by atoms with van der Waals surface area (Å²) in [6, 6.07) is 18.8. The predicted octanol–water partition coefficient (Wildman–Crippen LogP) is 3.39. The molecule has 1 amide bonds. The van der Waals surface area contributed by atoms with Crippen molar-refractivity contribution >= 4 is 22.5 Å². The minimum absolute atomic E-state index is 0.0605. The molecule has 1 aromatic heterocycles. The minimum Gasteiger partial charge on any atom is -0.326 e. The summed E-state index contributed by atoms with van der Waals surface area (Å²) in [5.41, 5.74) is 3.02. The molecule has 3 heteroatoms. The van der Waals surface area contributed by atoms with Crippen LogP contribution in [-0.4, -0.2) is 10.5 Å². The molecule has 0 saturated carbocycles. The summed E-state index contributed by atoms with van der Waals surface area (Å²) in [5.74, 6) is -0.0605. The molecular weight excluding hydrogens is 236 g/mol. The number of aromatic nitrogens is 1. The molecule has 3 aromatic rings. The number of hydrogen-bond donors (Lipinski definition) is 1. The quantitative estimate of drug-likeness (QED) is 0.742. The highest BCUT2D eigenvalue weighted by molar-refractivity contribution is 5.88. The average molecular weight is 249 g/mol. The Bertz CT molecular complexity index is 726. The molecule has 0 fully saturated rings. The molecule has 1 heterocycles. The van der Waals surface area contributed by atoms with Gasteiger partial charge in [0.25, 0.3) is 0 Å². The lowest BCUT2D eigenvalue weighted by atomic mass is 10.2. The van der Waals surface area contributed by atoms with Crippen LogP contribution in [0.3, 0.4) is 0 Å². The van der Waals surface area contributed by atoms with Gasteiger partial charge in [0, 0.05) is 29.9 Å². The number of nitrogens with zero attached hydrogens (tertiary/aromatic N) is 1. The van der Waals surface area contributed by atoms with Crippen LogP contribution in [0.4, 0.5) is 5.69 Å². The lowest BCUT2D eigenvalue weighted by molar-refractivity contribution is -0.114. The zero-order valence-electron chi connectivity index (χ0n) is 10.6. The zero-order chi connectivity index (χ0) is 13.2. The summed E-state index contributed by atoms with van der Waals surface area (Å²) in [4.78, 5) is 11.0. The molecule has 93 valence electrons. The molecular formula is C16H13N2O. The SMILES string of the molecule is CC(=O)Nc1ccc(-n2ccc3c[c]ccc32)cc1. The van der Waals surface area contributed by atoms with Crippen molar-refractivity contribution in [3.8, 4) is 5.69 Å². The van der Waals surface area contributed by atoms with Crippen molar-refractivity contribution in [3.05, 3.63) is 60.8 Å². The van der Waals surface area contributed by atoms with Crippen LogP contribution >= 0.6 is 0 Å². The zero-order valence-corrected chi connectivity index (χ0v) is 10.6. The summed E-state index contributed by atoms with van der Waals surface area (Å²) in [6.45, 7) is 1.50. The van der Waals surface area contributed by atoms with E-state index in [-0.39, 0.29) is 5.91 Å². The van der Waals surface area contributed by atoms with Gasteiger partial charge < -0.3 is 9.88 Å². The summed E-state index contributed by atoms with van der Waals surface area (Å²) >= 11 is 0. The van der Waals surface area contributed by atoms with Crippen LogP contribution in [0.15, 0.2) is 54.7 Å². The van der Waals surface area contributed by atoms with E-state index in [2.05, 4.69) is 22.0 Å². The number of amides is 1. The fraction of sp³-hybridized carbons (Fsp3) is 0.0625. The fourth-order valence-corrected chi connectivity index (χ4v) is 2.16. The van der Waals surface area contributed by atoms with Gasteiger partial charge in [-0.3, -0.25) is 4.79 Å². The molecule has 3 nitrogen and oxygen atoms in total. The Morgan fingerprint density at radius 3 is 2.68 bits per heavy atom. The Hall–Kier alpha value is -2.55. The lowest BCUT2D eigenvalue weighted by Crippen LogP contribution is -2.05. The van der Waals surface area contributed by atoms with E-state index in [4.69, 9.17) is 0 Å². The number of anilines is 1. The molecule has 0 aliphatic carbocycles. The molecule has 0 bridgehead atoms. The van der Waals surface area contributed by atoms with Crippen molar-refractivity contribution in [1.82, 2.24) is 4.57 Å². The second-order valence-electron chi connectivity index (χ2n) is 4.40. The Balaban J connectivity index is 2.00. The molecule has 1 radical (unpaired) electrons. The van der Waals surface area contributed by atoms with Crippen molar-refractivity contribution < 1.29 is 4.79 Å². The molecule has 0 aliphatic rings. The molecule has 0 saturated heterocycles. The van der Waals surface area contributed by atoms with Crippen LogP contribution in [-0.2, 0) is 4.79 Å². The van der Waals surface area contributed by atoms with Gasteiger partial charge in [-0.25, -0.2) is 0 Å². The van der Waals surface area contributed by atoms with Gasteiger partial charge in [-0.2, -0.15) is 0 Å². The van der Waals surface area contributed by atoms with Gasteiger partial charge in [0.1, 0.15) is 0 Å². The first-order chi connectivity index (χ1) is 9.24. The summed E-state index contributed by atoms with van der Waals surface area (Å²) < 4.78 is 2.11. The highest BCUT2D eigenvalue weighted by atomic mass is 16.1. The normalized spacial score (nSPS) is 10.6. The highest BCUT2D eigenvalue weighted by Gasteiger charge is 2.02. The van der Waals surface area contributed by atoms with Crippen LogP contribution in [0.2, 0.25) is 0 Å². The van der Waals surface area contributed by atoms with Gasteiger partial charge >= 0.3 is 0 Å². The van der Waals surface area contributed by atoms with E-state index in [9.17, 15) is 4.79 Å². The first-order valence-electron chi connectivity index (χ1n) is 6.09. The van der Waals surface area contributed by atoms with Crippen molar-refractivity contribution in [1.29, 1.82) is 0 Å². The van der Waals surface area contributed by atoms with Crippen molar-refractivity contribution in [2.24, 2.45) is 0 Å².